The van der Waals surface area contributed by atoms with Crippen molar-refractivity contribution in [2.24, 2.45) is 0 Å². The predicted molar refractivity (Wildman–Crippen MR) is 103 cm³/mol. The largest absolute Gasteiger partial charge is 0.461 e. The van der Waals surface area contributed by atoms with Gasteiger partial charge in [0.1, 0.15) is 0 Å². The van der Waals surface area contributed by atoms with Gasteiger partial charge in [-0.25, -0.2) is 4.79 Å². The molecule has 3 rings (SSSR count). The van der Waals surface area contributed by atoms with Crippen LogP contribution in [0.1, 0.15) is 18.1 Å². The van der Waals surface area contributed by atoms with Gasteiger partial charge in [-0.3, -0.25) is 10.1 Å². The Morgan fingerprint density at radius 2 is 2.00 bits per heavy atom. The van der Waals surface area contributed by atoms with Gasteiger partial charge in [0.05, 0.1) is 22.6 Å². The van der Waals surface area contributed by atoms with Gasteiger partial charge in [0, 0.05) is 33.9 Å². The fourth-order valence-corrected chi connectivity index (χ4v) is 3.37. The van der Waals surface area contributed by atoms with Crippen LogP contribution in [0.15, 0.2) is 47.1 Å². The summed E-state index contributed by atoms with van der Waals surface area (Å²) >= 11 is 3.26. The Labute approximate surface area is 167 Å². The van der Waals surface area contributed by atoms with Crippen molar-refractivity contribution in [1.82, 2.24) is 4.57 Å². The first-order valence-electron chi connectivity index (χ1n) is 8.28. The first-order chi connectivity index (χ1) is 13.2. The van der Waals surface area contributed by atoms with Gasteiger partial charge in [-0.15, -0.1) is 0 Å². The van der Waals surface area contributed by atoms with Crippen LogP contribution >= 0.6 is 15.9 Å². The van der Waals surface area contributed by atoms with Gasteiger partial charge >= 0.3 is 11.9 Å². The van der Waals surface area contributed by atoms with Gasteiger partial charge in [0.15, 0.2) is 0 Å². The number of aryl methyl sites for hydroxylation is 1. The van der Waals surface area contributed by atoms with E-state index in [-0.39, 0.29) is 17.7 Å². The maximum absolute atomic E-state index is 14.8. The van der Waals surface area contributed by atoms with Crippen LogP contribution in [0, 0.1) is 17.0 Å². The second-order valence-corrected chi connectivity index (χ2v) is 7.01. The summed E-state index contributed by atoms with van der Waals surface area (Å²) in [7, 11) is 0. The number of carbonyl (C=O) groups is 1. The Morgan fingerprint density at radius 1 is 1.29 bits per heavy atom. The predicted octanol–water partition coefficient (Wildman–Crippen LogP) is 5.26. The Morgan fingerprint density at radius 3 is 2.61 bits per heavy atom. The van der Waals surface area contributed by atoms with Crippen molar-refractivity contribution >= 4 is 38.5 Å². The average Bonchev–Trinajstić information content (AvgIpc) is 3.00. The molecular weight excluding hydrogens is 438 g/mol. The molecule has 0 aliphatic carbocycles. The minimum atomic E-state index is -3.85. The standard InChI is InChI=1S/C19H15BrF2N2O4/c1-3-28-18(25)19(21,22)15-10-23(17-6-4-12(20)9-14(15)17)16-7-5-13(24(26)27)8-11(16)2/h4-10H,3H2,1-2H3. The van der Waals surface area contributed by atoms with Crippen molar-refractivity contribution in [2.75, 3.05) is 6.61 Å². The monoisotopic (exact) mass is 452 g/mol. The molecule has 3 aromatic rings. The molecule has 0 radical (unpaired) electrons. The first kappa shape index (κ1) is 19.9. The molecule has 146 valence electrons. The number of rotatable bonds is 5. The molecule has 9 heteroatoms. The Kier molecular flexibility index (Phi) is 5.20. The Balaban J connectivity index is 2.26. The third-order valence-electron chi connectivity index (χ3n) is 4.29. The molecule has 28 heavy (non-hydrogen) atoms. The number of non-ortho nitro benzene ring substituents is 1. The lowest BCUT2D eigenvalue weighted by Gasteiger charge is -2.14. The molecule has 6 nitrogen and oxygen atoms in total. The molecule has 1 aromatic heterocycles. The van der Waals surface area contributed by atoms with E-state index >= 15 is 0 Å². The van der Waals surface area contributed by atoms with E-state index in [1.807, 2.05) is 0 Å². The van der Waals surface area contributed by atoms with E-state index in [4.69, 9.17) is 0 Å². The average molecular weight is 453 g/mol. The number of esters is 1. The van der Waals surface area contributed by atoms with Gasteiger partial charge in [0.25, 0.3) is 5.69 Å². The van der Waals surface area contributed by atoms with E-state index in [1.165, 1.54) is 42.0 Å². The molecule has 0 unspecified atom stereocenters. The number of carbonyl (C=O) groups excluding carboxylic acids is 1. The van der Waals surface area contributed by atoms with Crippen LogP contribution in [0.3, 0.4) is 0 Å². The van der Waals surface area contributed by atoms with E-state index in [0.29, 0.717) is 21.2 Å². The first-order valence-corrected chi connectivity index (χ1v) is 9.07. The lowest BCUT2D eigenvalue weighted by atomic mass is 10.1. The number of ether oxygens (including phenoxy) is 1. The minimum absolute atomic E-state index is 0.0995. The van der Waals surface area contributed by atoms with Gasteiger partial charge < -0.3 is 9.30 Å². The van der Waals surface area contributed by atoms with Crippen LogP contribution in [0.5, 0.6) is 0 Å². The van der Waals surface area contributed by atoms with E-state index in [9.17, 15) is 23.7 Å². The van der Waals surface area contributed by atoms with Crippen LogP contribution in [0.25, 0.3) is 16.6 Å². The van der Waals surface area contributed by atoms with Crippen molar-refractivity contribution in [1.29, 1.82) is 0 Å². The van der Waals surface area contributed by atoms with E-state index in [2.05, 4.69) is 20.7 Å². The van der Waals surface area contributed by atoms with E-state index < -0.39 is 22.4 Å². The summed E-state index contributed by atoms with van der Waals surface area (Å²) in [6.07, 6.45) is 1.17. The van der Waals surface area contributed by atoms with Crippen molar-refractivity contribution in [3.63, 3.8) is 0 Å². The molecule has 0 amide bonds. The summed E-state index contributed by atoms with van der Waals surface area (Å²) in [6, 6.07) is 8.96. The third-order valence-corrected chi connectivity index (χ3v) is 4.78. The lowest BCUT2D eigenvalue weighted by molar-refractivity contribution is -0.384. The second kappa shape index (κ2) is 7.31. The summed E-state index contributed by atoms with van der Waals surface area (Å²) in [5.74, 6) is -5.48. The number of hydrogen-bond donors (Lipinski definition) is 0. The van der Waals surface area contributed by atoms with Gasteiger partial charge in [-0.1, -0.05) is 15.9 Å². The molecule has 0 spiro atoms. The van der Waals surface area contributed by atoms with Crippen molar-refractivity contribution < 1.29 is 23.2 Å². The summed E-state index contributed by atoms with van der Waals surface area (Å²) < 4.78 is 36.2. The fraction of sp³-hybridized carbons (Fsp3) is 0.211. The number of halogens is 3. The van der Waals surface area contributed by atoms with E-state index in [1.54, 1.807) is 19.1 Å². The number of fused-ring (bicyclic) bond motifs is 1. The molecule has 0 aliphatic rings. The number of aromatic nitrogens is 1. The number of alkyl halides is 2. The number of nitro groups is 1. The molecule has 1 heterocycles. The van der Waals surface area contributed by atoms with Crippen LogP contribution in [0.4, 0.5) is 14.5 Å². The maximum atomic E-state index is 14.8. The highest BCUT2D eigenvalue weighted by atomic mass is 79.9. The summed E-state index contributed by atoms with van der Waals surface area (Å²) in [6.45, 7) is 2.93. The quantitative estimate of drug-likeness (QED) is 0.300. The highest BCUT2D eigenvalue weighted by molar-refractivity contribution is 9.10. The lowest BCUT2D eigenvalue weighted by Crippen LogP contribution is -2.28. The fourth-order valence-electron chi connectivity index (χ4n) is 3.01. The van der Waals surface area contributed by atoms with Crippen LogP contribution < -0.4 is 0 Å². The molecule has 2 aromatic carbocycles. The molecule has 0 atom stereocenters. The van der Waals surface area contributed by atoms with Crippen LogP contribution in [0.2, 0.25) is 0 Å². The summed E-state index contributed by atoms with van der Waals surface area (Å²) in [5, 5.41) is 11.1. The summed E-state index contributed by atoms with van der Waals surface area (Å²) in [4.78, 5) is 22.3. The van der Waals surface area contributed by atoms with Crippen LogP contribution in [-0.4, -0.2) is 22.1 Å². The van der Waals surface area contributed by atoms with Crippen molar-refractivity contribution in [3.05, 3.63) is 68.3 Å². The molecule has 0 N–H and O–H groups in total. The van der Waals surface area contributed by atoms with Gasteiger partial charge in [0.2, 0.25) is 0 Å². The number of nitro benzene ring substituents is 1. The molecular formula is C19H15BrF2N2O4. The molecule has 0 saturated carbocycles. The summed E-state index contributed by atoms with van der Waals surface area (Å²) in [5.41, 5.74) is 0.848. The highest BCUT2D eigenvalue weighted by Gasteiger charge is 2.45. The molecule has 0 fully saturated rings. The number of benzene rings is 2. The molecule has 0 saturated heterocycles. The maximum Gasteiger partial charge on any atom is 0.382 e. The van der Waals surface area contributed by atoms with Crippen LogP contribution in [-0.2, 0) is 15.5 Å². The zero-order valence-corrected chi connectivity index (χ0v) is 16.5. The minimum Gasteiger partial charge on any atom is -0.461 e. The Bertz CT molecular complexity index is 1090. The molecule has 0 bridgehead atoms. The van der Waals surface area contributed by atoms with Crippen molar-refractivity contribution in [3.8, 4) is 5.69 Å². The third kappa shape index (κ3) is 3.37. The van der Waals surface area contributed by atoms with E-state index in [0.717, 1.165) is 0 Å². The Hall–Kier alpha value is -2.81. The SMILES string of the molecule is CCOC(=O)C(F)(F)c1cn(-c2ccc([N+](=O)[O-])cc2C)c2ccc(Br)cc12. The molecule has 0 aliphatic heterocycles. The van der Waals surface area contributed by atoms with Gasteiger partial charge in [-0.2, -0.15) is 8.78 Å². The van der Waals surface area contributed by atoms with Crippen molar-refractivity contribution in [2.45, 2.75) is 19.8 Å². The highest BCUT2D eigenvalue weighted by Crippen LogP contribution is 2.39. The zero-order valence-electron chi connectivity index (χ0n) is 14.9. The van der Waals surface area contributed by atoms with Gasteiger partial charge in [-0.05, 0) is 43.7 Å². The smallest absolute Gasteiger partial charge is 0.382 e. The zero-order chi connectivity index (χ0) is 20.6. The number of nitrogens with zero attached hydrogens (tertiary/aromatic N) is 2. The normalized spacial score (nSPS) is 11.6. The topological polar surface area (TPSA) is 74.4 Å². The second-order valence-electron chi connectivity index (χ2n) is 6.10. The number of hydrogen-bond acceptors (Lipinski definition) is 4.